The summed E-state index contributed by atoms with van der Waals surface area (Å²) in [7, 11) is 0. The van der Waals surface area contributed by atoms with Crippen molar-refractivity contribution in [1.29, 1.82) is 0 Å². The Kier molecular flexibility index (Phi) is 4.93. The molecule has 26 heavy (non-hydrogen) atoms. The third-order valence-corrected chi connectivity index (χ3v) is 4.58. The third kappa shape index (κ3) is 4.08. The second-order valence-corrected chi connectivity index (χ2v) is 6.55. The molecule has 2 heterocycles. The number of halogens is 1. The first-order chi connectivity index (χ1) is 12.8. The summed E-state index contributed by atoms with van der Waals surface area (Å²) in [6.07, 6.45) is 3.94. The average molecular weight is 352 g/mol. The van der Waals surface area contributed by atoms with Crippen LogP contribution >= 0.6 is 0 Å². The van der Waals surface area contributed by atoms with E-state index in [0.717, 1.165) is 48.3 Å². The zero-order valence-corrected chi connectivity index (χ0v) is 14.4. The standard InChI is InChI=1S/C20H21FN4O/c21-15-1-3-16(4-2-15)24-17-5-6-18-19(11-17)25-20(12-23-18)26-13-14-7-9-22-10-8-14/h1-6,11-12,14,22,24H,7-10,13H2. The molecule has 5 nitrogen and oxygen atoms in total. The number of hydrogen-bond donors (Lipinski definition) is 2. The minimum Gasteiger partial charge on any atom is -0.476 e. The van der Waals surface area contributed by atoms with Crippen LogP contribution in [0.2, 0.25) is 0 Å². The topological polar surface area (TPSA) is 59.1 Å². The van der Waals surface area contributed by atoms with Crippen molar-refractivity contribution >= 4 is 22.4 Å². The lowest BCUT2D eigenvalue weighted by atomic mass is 9.99. The highest BCUT2D eigenvalue weighted by atomic mass is 19.1. The molecule has 0 amide bonds. The van der Waals surface area contributed by atoms with E-state index in [1.165, 1.54) is 12.1 Å². The van der Waals surface area contributed by atoms with Gasteiger partial charge in [0.15, 0.2) is 0 Å². The third-order valence-electron chi connectivity index (χ3n) is 4.58. The van der Waals surface area contributed by atoms with Gasteiger partial charge in [-0.15, -0.1) is 0 Å². The normalized spacial score (nSPS) is 15.1. The van der Waals surface area contributed by atoms with Crippen LogP contribution in [0.5, 0.6) is 5.88 Å². The van der Waals surface area contributed by atoms with Crippen LogP contribution in [0.25, 0.3) is 11.0 Å². The molecule has 3 aromatic rings. The molecule has 0 unspecified atom stereocenters. The number of hydrogen-bond acceptors (Lipinski definition) is 5. The van der Waals surface area contributed by atoms with Crippen molar-refractivity contribution < 1.29 is 9.13 Å². The summed E-state index contributed by atoms with van der Waals surface area (Å²) < 4.78 is 18.9. The Labute approximate surface area is 151 Å². The maximum absolute atomic E-state index is 13.0. The van der Waals surface area contributed by atoms with Crippen molar-refractivity contribution in [1.82, 2.24) is 15.3 Å². The Balaban J connectivity index is 1.47. The molecule has 0 saturated carbocycles. The molecular weight excluding hydrogens is 331 g/mol. The van der Waals surface area contributed by atoms with Gasteiger partial charge < -0.3 is 15.4 Å². The molecule has 1 fully saturated rings. The van der Waals surface area contributed by atoms with E-state index in [2.05, 4.69) is 20.6 Å². The Morgan fingerprint density at radius 1 is 1.04 bits per heavy atom. The van der Waals surface area contributed by atoms with Crippen LogP contribution < -0.4 is 15.4 Å². The summed E-state index contributed by atoms with van der Waals surface area (Å²) in [6, 6.07) is 12.0. The molecule has 134 valence electrons. The molecule has 1 aliphatic rings. The summed E-state index contributed by atoms with van der Waals surface area (Å²) in [5, 5.41) is 6.60. The number of ether oxygens (including phenoxy) is 1. The first-order valence-corrected chi connectivity index (χ1v) is 8.89. The number of piperidine rings is 1. The van der Waals surface area contributed by atoms with Crippen molar-refractivity contribution in [2.24, 2.45) is 5.92 Å². The SMILES string of the molecule is Fc1ccc(Nc2ccc3ncc(OCC4CCNCC4)nc3c2)cc1. The van der Waals surface area contributed by atoms with E-state index < -0.39 is 0 Å². The lowest BCUT2D eigenvalue weighted by molar-refractivity contribution is 0.209. The number of benzene rings is 2. The van der Waals surface area contributed by atoms with E-state index in [-0.39, 0.29) is 5.82 Å². The van der Waals surface area contributed by atoms with Gasteiger partial charge in [-0.25, -0.2) is 14.4 Å². The van der Waals surface area contributed by atoms with Crippen LogP contribution in [-0.2, 0) is 0 Å². The van der Waals surface area contributed by atoms with Gasteiger partial charge >= 0.3 is 0 Å². The number of aromatic nitrogens is 2. The van der Waals surface area contributed by atoms with Crippen LogP contribution in [0.3, 0.4) is 0 Å². The van der Waals surface area contributed by atoms with Crippen molar-refractivity contribution in [2.75, 3.05) is 25.0 Å². The number of anilines is 2. The lowest BCUT2D eigenvalue weighted by Gasteiger charge is -2.22. The first-order valence-electron chi connectivity index (χ1n) is 8.89. The molecule has 2 N–H and O–H groups in total. The van der Waals surface area contributed by atoms with Gasteiger partial charge in [-0.05, 0) is 74.3 Å². The minimum atomic E-state index is -0.254. The van der Waals surface area contributed by atoms with Gasteiger partial charge in [-0.2, -0.15) is 0 Å². The molecule has 6 heteroatoms. The highest BCUT2D eigenvalue weighted by Crippen LogP contribution is 2.22. The van der Waals surface area contributed by atoms with Crippen LogP contribution in [-0.4, -0.2) is 29.7 Å². The molecule has 1 aliphatic heterocycles. The second kappa shape index (κ2) is 7.66. The van der Waals surface area contributed by atoms with E-state index in [1.807, 2.05) is 18.2 Å². The Hall–Kier alpha value is -2.73. The van der Waals surface area contributed by atoms with Crippen molar-refractivity contribution in [3.8, 4) is 5.88 Å². The Morgan fingerprint density at radius 3 is 2.62 bits per heavy atom. The predicted molar refractivity (Wildman–Crippen MR) is 100 cm³/mol. The predicted octanol–water partition coefficient (Wildman–Crippen LogP) is 3.89. The van der Waals surface area contributed by atoms with Gasteiger partial charge in [0.2, 0.25) is 5.88 Å². The highest BCUT2D eigenvalue weighted by molar-refractivity contribution is 5.80. The van der Waals surface area contributed by atoms with Crippen LogP contribution in [0, 0.1) is 11.7 Å². The van der Waals surface area contributed by atoms with Gasteiger partial charge in [0, 0.05) is 11.4 Å². The maximum atomic E-state index is 13.0. The summed E-state index contributed by atoms with van der Waals surface area (Å²) in [5.41, 5.74) is 3.26. The smallest absolute Gasteiger partial charge is 0.232 e. The minimum absolute atomic E-state index is 0.254. The molecule has 0 atom stereocenters. The van der Waals surface area contributed by atoms with E-state index in [4.69, 9.17) is 4.74 Å². The number of nitrogens with zero attached hydrogens (tertiary/aromatic N) is 2. The fourth-order valence-corrected chi connectivity index (χ4v) is 3.09. The highest BCUT2D eigenvalue weighted by Gasteiger charge is 2.14. The van der Waals surface area contributed by atoms with Crippen molar-refractivity contribution in [3.05, 3.63) is 54.5 Å². The Bertz CT molecular complexity index is 879. The number of nitrogens with one attached hydrogen (secondary N) is 2. The van der Waals surface area contributed by atoms with Crippen LogP contribution in [0.1, 0.15) is 12.8 Å². The zero-order chi connectivity index (χ0) is 17.8. The van der Waals surface area contributed by atoms with Crippen molar-refractivity contribution in [3.63, 3.8) is 0 Å². The fourth-order valence-electron chi connectivity index (χ4n) is 3.09. The van der Waals surface area contributed by atoms with Gasteiger partial charge in [0.25, 0.3) is 0 Å². The number of fused-ring (bicyclic) bond motifs is 1. The fraction of sp³-hybridized carbons (Fsp3) is 0.300. The number of rotatable bonds is 5. The first kappa shape index (κ1) is 16.7. The quantitative estimate of drug-likeness (QED) is 0.729. The van der Waals surface area contributed by atoms with E-state index >= 15 is 0 Å². The summed E-state index contributed by atoms with van der Waals surface area (Å²) >= 11 is 0. The molecule has 1 aromatic heterocycles. The van der Waals surface area contributed by atoms with Gasteiger partial charge in [-0.3, -0.25) is 0 Å². The van der Waals surface area contributed by atoms with Gasteiger partial charge in [-0.1, -0.05) is 0 Å². The molecule has 0 radical (unpaired) electrons. The summed E-state index contributed by atoms with van der Waals surface area (Å²) in [6.45, 7) is 2.78. The van der Waals surface area contributed by atoms with E-state index in [9.17, 15) is 4.39 Å². The zero-order valence-electron chi connectivity index (χ0n) is 14.4. The Morgan fingerprint density at radius 2 is 1.81 bits per heavy atom. The van der Waals surface area contributed by atoms with E-state index in [1.54, 1.807) is 18.3 Å². The largest absolute Gasteiger partial charge is 0.476 e. The molecule has 0 spiro atoms. The molecule has 2 aromatic carbocycles. The van der Waals surface area contributed by atoms with Gasteiger partial charge in [0.1, 0.15) is 5.82 Å². The summed E-state index contributed by atoms with van der Waals surface area (Å²) in [5.74, 6) is 0.866. The molecule has 0 bridgehead atoms. The van der Waals surface area contributed by atoms with Crippen LogP contribution in [0.15, 0.2) is 48.7 Å². The maximum Gasteiger partial charge on any atom is 0.232 e. The molecular formula is C20H21FN4O. The van der Waals surface area contributed by atoms with Gasteiger partial charge in [0.05, 0.1) is 23.8 Å². The molecule has 4 rings (SSSR count). The second-order valence-electron chi connectivity index (χ2n) is 6.55. The average Bonchev–Trinajstić information content (AvgIpc) is 2.69. The van der Waals surface area contributed by atoms with Crippen molar-refractivity contribution in [2.45, 2.75) is 12.8 Å². The van der Waals surface area contributed by atoms with E-state index in [0.29, 0.717) is 18.4 Å². The lowest BCUT2D eigenvalue weighted by Crippen LogP contribution is -2.30. The summed E-state index contributed by atoms with van der Waals surface area (Å²) in [4.78, 5) is 9.00. The monoisotopic (exact) mass is 352 g/mol. The van der Waals surface area contributed by atoms with Crippen LogP contribution in [0.4, 0.5) is 15.8 Å². The molecule has 0 aliphatic carbocycles. The molecule has 1 saturated heterocycles.